The minimum Gasteiger partial charge on any atom is -0.496 e. The fourth-order valence-electron chi connectivity index (χ4n) is 5.12. The van der Waals surface area contributed by atoms with Crippen LogP contribution >= 0.6 is 11.3 Å². The molecule has 1 unspecified atom stereocenters. The third-order valence-electron chi connectivity index (χ3n) is 6.53. The lowest BCUT2D eigenvalue weighted by molar-refractivity contribution is -0.132. The van der Waals surface area contributed by atoms with Gasteiger partial charge in [0.1, 0.15) is 11.6 Å². The third-order valence-corrected chi connectivity index (χ3v) is 7.70. The van der Waals surface area contributed by atoms with Crippen molar-refractivity contribution >= 4 is 29.1 Å². The highest BCUT2D eigenvalue weighted by molar-refractivity contribution is 7.15. The lowest BCUT2D eigenvalue weighted by Crippen LogP contribution is -2.32. The van der Waals surface area contributed by atoms with Crippen molar-refractivity contribution in [2.45, 2.75) is 32.4 Å². The lowest BCUT2D eigenvalue weighted by atomic mass is 9.82. The molecule has 0 aliphatic carbocycles. The molecule has 1 aliphatic rings. The largest absolute Gasteiger partial charge is 0.496 e. The minimum absolute atomic E-state index is 0.242. The van der Waals surface area contributed by atoms with Crippen molar-refractivity contribution in [2.75, 3.05) is 12.4 Å². The average Bonchev–Trinajstić information content (AvgIpc) is 3.37. The minimum atomic E-state index is -0.675. The maximum Gasteiger partial charge on any atom is 0.294 e. The maximum absolute atomic E-state index is 14.1. The number of carbonyl (C=O) groups excluding carboxylic acids is 1. The van der Waals surface area contributed by atoms with Crippen LogP contribution in [0.5, 0.6) is 5.75 Å². The van der Waals surface area contributed by atoms with Gasteiger partial charge in [-0.3, -0.25) is 4.79 Å². The van der Waals surface area contributed by atoms with E-state index in [0.717, 1.165) is 48.8 Å². The molecule has 1 aliphatic heterocycles. The van der Waals surface area contributed by atoms with Gasteiger partial charge in [0.15, 0.2) is 6.10 Å². The van der Waals surface area contributed by atoms with Gasteiger partial charge in [0.25, 0.3) is 6.47 Å². The Kier molecular flexibility index (Phi) is 6.61. The summed E-state index contributed by atoms with van der Waals surface area (Å²) in [6, 6.07) is 22.7. The summed E-state index contributed by atoms with van der Waals surface area (Å²) in [5.41, 5.74) is 6.19. The first-order valence-corrected chi connectivity index (χ1v) is 12.9. The molecule has 3 aromatic carbocycles. The number of benzene rings is 3. The number of methoxy groups -OCH3 is 1. The summed E-state index contributed by atoms with van der Waals surface area (Å²) >= 11 is 1.58. The number of fused-ring (bicyclic) bond motifs is 1. The predicted molar refractivity (Wildman–Crippen MR) is 148 cm³/mol. The van der Waals surface area contributed by atoms with Gasteiger partial charge in [0, 0.05) is 33.3 Å². The Morgan fingerprint density at radius 2 is 1.76 bits per heavy atom. The fourth-order valence-corrected chi connectivity index (χ4v) is 6.18. The molecular formula is C31H28FNO3S. The molecular weight excluding hydrogens is 485 g/mol. The van der Waals surface area contributed by atoms with E-state index in [2.05, 4.69) is 44.3 Å². The Hall–Kier alpha value is -3.90. The Morgan fingerprint density at radius 1 is 1.00 bits per heavy atom. The molecule has 2 heterocycles. The van der Waals surface area contributed by atoms with Crippen LogP contribution in [0.3, 0.4) is 0 Å². The molecule has 0 saturated carbocycles. The number of anilines is 1. The van der Waals surface area contributed by atoms with Gasteiger partial charge < -0.3 is 14.8 Å². The number of hydrogen-bond donors (Lipinski definition) is 1. The smallest absolute Gasteiger partial charge is 0.294 e. The van der Waals surface area contributed by atoms with E-state index in [-0.39, 0.29) is 11.4 Å². The summed E-state index contributed by atoms with van der Waals surface area (Å²) in [4.78, 5) is 13.8. The number of nitrogens with one attached hydrogen (secondary N) is 1. The van der Waals surface area contributed by atoms with Crippen LogP contribution in [0, 0.1) is 5.82 Å². The molecule has 6 heteroatoms. The van der Waals surface area contributed by atoms with Crippen LogP contribution in [-0.4, -0.2) is 19.1 Å². The Morgan fingerprint density at radius 3 is 2.49 bits per heavy atom. The molecule has 188 valence electrons. The quantitative estimate of drug-likeness (QED) is 0.254. The van der Waals surface area contributed by atoms with Crippen LogP contribution in [0.2, 0.25) is 0 Å². The van der Waals surface area contributed by atoms with E-state index in [0.29, 0.717) is 12.2 Å². The zero-order chi connectivity index (χ0) is 26.2. The second-order valence-corrected chi connectivity index (χ2v) is 10.8. The van der Waals surface area contributed by atoms with Crippen molar-refractivity contribution in [3.63, 3.8) is 0 Å². The zero-order valence-corrected chi connectivity index (χ0v) is 22.0. The van der Waals surface area contributed by atoms with Gasteiger partial charge in [-0.25, -0.2) is 4.39 Å². The lowest BCUT2D eigenvalue weighted by Gasteiger charge is -2.34. The van der Waals surface area contributed by atoms with Gasteiger partial charge in [-0.1, -0.05) is 42.5 Å². The van der Waals surface area contributed by atoms with Crippen molar-refractivity contribution in [2.24, 2.45) is 0 Å². The molecule has 1 aromatic heterocycles. The monoisotopic (exact) mass is 513 g/mol. The molecule has 0 bridgehead atoms. The van der Waals surface area contributed by atoms with Gasteiger partial charge in [-0.15, -0.1) is 11.3 Å². The molecule has 37 heavy (non-hydrogen) atoms. The van der Waals surface area contributed by atoms with Crippen LogP contribution in [0.1, 0.15) is 42.9 Å². The van der Waals surface area contributed by atoms with E-state index in [1.165, 1.54) is 19.2 Å². The highest BCUT2D eigenvalue weighted by Crippen LogP contribution is 2.48. The molecule has 4 aromatic rings. The molecule has 0 fully saturated rings. The molecule has 1 atom stereocenters. The van der Waals surface area contributed by atoms with Gasteiger partial charge in [-0.05, 0) is 67.8 Å². The molecule has 0 saturated heterocycles. The van der Waals surface area contributed by atoms with Crippen molar-refractivity contribution < 1.29 is 18.7 Å². The van der Waals surface area contributed by atoms with Crippen LogP contribution in [-0.2, 0) is 9.53 Å². The highest BCUT2D eigenvalue weighted by atomic mass is 32.1. The summed E-state index contributed by atoms with van der Waals surface area (Å²) < 4.78 is 25.5. The second-order valence-electron chi connectivity index (χ2n) is 9.65. The Bertz CT molecular complexity index is 1490. The van der Waals surface area contributed by atoms with Crippen LogP contribution in [0.4, 0.5) is 10.1 Å². The standard InChI is InChI=1S/C31H28FNO3S/c1-19-17-31(2,3)33-24-13-12-23(22-11-10-21(32)16-25(22)35-4)29(28(19)24)30(36-18-34)27-15-14-26(37-27)20-8-6-5-7-9-20/h5-18,30,33H,1-4H3. The fraction of sp³-hybridized carbons (Fsp3) is 0.194. The number of carbonyl (C=O) groups is 1. The molecule has 4 nitrogen and oxygen atoms in total. The zero-order valence-electron chi connectivity index (χ0n) is 21.2. The molecule has 1 N–H and O–H groups in total. The number of ether oxygens (including phenoxy) is 2. The second kappa shape index (κ2) is 9.87. The van der Waals surface area contributed by atoms with E-state index in [1.54, 1.807) is 17.4 Å². The van der Waals surface area contributed by atoms with Crippen LogP contribution < -0.4 is 10.1 Å². The van der Waals surface area contributed by atoms with Gasteiger partial charge in [-0.2, -0.15) is 0 Å². The van der Waals surface area contributed by atoms with Crippen molar-refractivity contribution in [3.8, 4) is 27.3 Å². The van der Waals surface area contributed by atoms with Crippen molar-refractivity contribution in [3.05, 3.63) is 101 Å². The summed E-state index contributed by atoms with van der Waals surface area (Å²) in [6.07, 6.45) is 1.50. The first kappa shape index (κ1) is 24.8. The number of halogens is 1. The average molecular weight is 514 g/mol. The summed E-state index contributed by atoms with van der Waals surface area (Å²) in [7, 11) is 1.52. The Labute approximate surface area is 220 Å². The van der Waals surface area contributed by atoms with E-state index >= 15 is 0 Å². The summed E-state index contributed by atoms with van der Waals surface area (Å²) in [5, 5.41) is 3.59. The SMILES string of the molecule is COc1cc(F)ccc1-c1ccc2c(c1C(OC=O)c1ccc(-c3ccccc3)s1)C(C)=CC(C)(C)N2. The van der Waals surface area contributed by atoms with E-state index in [1.807, 2.05) is 42.5 Å². The first-order valence-electron chi connectivity index (χ1n) is 12.0. The number of hydrogen-bond acceptors (Lipinski definition) is 5. The number of allylic oxidation sites excluding steroid dienone is 1. The van der Waals surface area contributed by atoms with E-state index < -0.39 is 6.10 Å². The summed E-state index contributed by atoms with van der Waals surface area (Å²) in [6.45, 7) is 6.79. The summed E-state index contributed by atoms with van der Waals surface area (Å²) in [5.74, 6) is 0.0268. The first-order chi connectivity index (χ1) is 17.8. The molecule has 5 rings (SSSR count). The normalized spacial score (nSPS) is 14.7. The molecule has 0 amide bonds. The Balaban J connectivity index is 1.77. The van der Waals surface area contributed by atoms with E-state index in [4.69, 9.17) is 9.47 Å². The predicted octanol–water partition coefficient (Wildman–Crippen LogP) is 8.10. The topological polar surface area (TPSA) is 47.6 Å². The third kappa shape index (κ3) is 4.77. The maximum atomic E-state index is 14.1. The van der Waals surface area contributed by atoms with Crippen LogP contribution in [0.25, 0.3) is 27.1 Å². The number of rotatable bonds is 7. The molecule has 0 radical (unpaired) electrons. The van der Waals surface area contributed by atoms with Gasteiger partial charge in [0.05, 0.1) is 17.5 Å². The van der Waals surface area contributed by atoms with Gasteiger partial charge in [0.2, 0.25) is 0 Å². The number of thiophene rings is 1. The van der Waals surface area contributed by atoms with Crippen LogP contribution in [0.15, 0.2) is 78.9 Å². The van der Waals surface area contributed by atoms with E-state index in [9.17, 15) is 9.18 Å². The molecule has 0 spiro atoms. The van der Waals surface area contributed by atoms with Crippen molar-refractivity contribution in [1.29, 1.82) is 0 Å². The van der Waals surface area contributed by atoms with Gasteiger partial charge >= 0.3 is 0 Å². The van der Waals surface area contributed by atoms with Crippen molar-refractivity contribution in [1.82, 2.24) is 0 Å². The highest BCUT2D eigenvalue weighted by Gasteiger charge is 2.32.